The molecule has 0 radical (unpaired) electrons. The normalized spacial score (nSPS) is 12.0. The molecule has 0 aromatic heterocycles. The number of ether oxygens (including phenoxy) is 3. The van der Waals surface area contributed by atoms with E-state index in [9.17, 15) is 0 Å². The Morgan fingerprint density at radius 2 is 1.08 bits per heavy atom. The third-order valence-electron chi connectivity index (χ3n) is 4.61. The van der Waals surface area contributed by atoms with Crippen LogP contribution in [-0.2, 0) is 18.6 Å². The van der Waals surface area contributed by atoms with Crippen LogP contribution in [0.5, 0.6) is 0 Å². The fourth-order valence-corrected chi connectivity index (χ4v) is 5.09. The SMILES string of the molecule is CCO[Si](C)(C)CCCCCCCCCCCOCCCOCCOC. The van der Waals surface area contributed by atoms with Crippen molar-refractivity contribution in [3.8, 4) is 0 Å². The Morgan fingerprint density at radius 1 is 0.577 bits per heavy atom. The van der Waals surface area contributed by atoms with Crippen molar-refractivity contribution in [1.29, 1.82) is 0 Å². The van der Waals surface area contributed by atoms with Gasteiger partial charge in [-0.3, -0.25) is 0 Å². The molecule has 0 saturated heterocycles. The predicted molar refractivity (Wildman–Crippen MR) is 114 cm³/mol. The molecule has 0 aliphatic heterocycles. The number of hydrogen-bond acceptors (Lipinski definition) is 4. The maximum atomic E-state index is 5.88. The van der Waals surface area contributed by atoms with Gasteiger partial charge in [-0.1, -0.05) is 51.4 Å². The number of unbranched alkanes of at least 4 members (excludes halogenated alkanes) is 8. The average molecular weight is 391 g/mol. The minimum absolute atomic E-state index is 0.675. The first-order valence-corrected chi connectivity index (χ1v) is 14.0. The van der Waals surface area contributed by atoms with E-state index in [4.69, 9.17) is 18.6 Å². The summed E-state index contributed by atoms with van der Waals surface area (Å²) in [6.07, 6.45) is 13.1. The van der Waals surface area contributed by atoms with E-state index in [1.807, 2.05) is 0 Å². The molecule has 0 bridgehead atoms. The fraction of sp³-hybridized carbons (Fsp3) is 1.00. The second-order valence-electron chi connectivity index (χ2n) is 7.70. The van der Waals surface area contributed by atoms with E-state index in [0.717, 1.165) is 32.8 Å². The van der Waals surface area contributed by atoms with Crippen molar-refractivity contribution in [1.82, 2.24) is 0 Å². The Hall–Kier alpha value is 0.0569. The lowest BCUT2D eigenvalue weighted by Crippen LogP contribution is -2.29. The average Bonchev–Trinajstić information content (AvgIpc) is 2.60. The lowest BCUT2D eigenvalue weighted by atomic mass is 10.1. The minimum Gasteiger partial charge on any atom is -0.418 e. The molecule has 0 amide bonds. The van der Waals surface area contributed by atoms with Crippen LogP contribution in [0.25, 0.3) is 0 Å². The first kappa shape index (κ1) is 26.1. The van der Waals surface area contributed by atoms with Gasteiger partial charge in [0.15, 0.2) is 8.32 Å². The van der Waals surface area contributed by atoms with Gasteiger partial charge in [0.05, 0.1) is 13.2 Å². The fourth-order valence-electron chi connectivity index (χ4n) is 3.06. The van der Waals surface area contributed by atoms with Crippen molar-refractivity contribution in [2.24, 2.45) is 0 Å². The third-order valence-corrected chi connectivity index (χ3v) is 7.24. The van der Waals surface area contributed by atoms with Gasteiger partial charge in [0.1, 0.15) is 0 Å². The van der Waals surface area contributed by atoms with Gasteiger partial charge in [-0.25, -0.2) is 0 Å². The van der Waals surface area contributed by atoms with Gasteiger partial charge in [-0.15, -0.1) is 0 Å². The maximum Gasteiger partial charge on any atom is 0.186 e. The molecule has 0 aliphatic carbocycles. The van der Waals surface area contributed by atoms with E-state index in [1.54, 1.807) is 7.11 Å². The Labute approximate surface area is 164 Å². The molecule has 5 heteroatoms. The Balaban J connectivity index is 3.09. The molecule has 0 aromatic carbocycles. The van der Waals surface area contributed by atoms with Gasteiger partial charge in [-0.2, -0.15) is 0 Å². The molecule has 4 nitrogen and oxygen atoms in total. The van der Waals surface area contributed by atoms with E-state index >= 15 is 0 Å². The molecule has 0 aromatic rings. The van der Waals surface area contributed by atoms with Crippen molar-refractivity contribution in [3.63, 3.8) is 0 Å². The molecule has 158 valence electrons. The van der Waals surface area contributed by atoms with Crippen molar-refractivity contribution >= 4 is 8.32 Å². The van der Waals surface area contributed by atoms with E-state index in [-0.39, 0.29) is 0 Å². The van der Waals surface area contributed by atoms with Gasteiger partial charge >= 0.3 is 0 Å². The van der Waals surface area contributed by atoms with Crippen molar-refractivity contribution in [2.45, 2.75) is 90.3 Å². The zero-order chi connectivity index (χ0) is 19.3. The summed E-state index contributed by atoms with van der Waals surface area (Å²) in [6.45, 7) is 11.5. The number of rotatable bonds is 21. The standard InChI is InChI=1S/C21H46O4Si/c1-5-25-26(3,4)21-14-12-10-8-6-7-9-11-13-16-23-17-15-18-24-20-19-22-2/h5-21H2,1-4H3. The molecule has 0 heterocycles. The van der Waals surface area contributed by atoms with Crippen LogP contribution in [0.3, 0.4) is 0 Å². The van der Waals surface area contributed by atoms with E-state index < -0.39 is 8.32 Å². The second kappa shape index (κ2) is 19.8. The van der Waals surface area contributed by atoms with Crippen LogP contribution >= 0.6 is 0 Å². The van der Waals surface area contributed by atoms with E-state index in [1.165, 1.54) is 63.8 Å². The molecule has 0 spiro atoms. The maximum absolute atomic E-state index is 5.88. The zero-order valence-electron chi connectivity index (χ0n) is 18.2. The molecular weight excluding hydrogens is 344 g/mol. The quantitative estimate of drug-likeness (QED) is 0.183. The van der Waals surface area contributed by atoms with Gasteiger partial charge in [0.2, 0.25) is 0 Å². The van der Waals surface area contributed by atoms with E-state index in [2.05, 4.69) is 20.0 Å². The summed E-state index contributed by atoms with van der Waals surface area (Å²) in [7, 11) is 0.356. The summed E-state index contributed by atoms with van der Waals surface area (Å²) >= 11 is 0. The highest BCUT2D eigenvalue weighted by Gasteiger charge is 2.20. The summed E-state index contributed by atoms with van der Waals surface area (Å²) in [4.78, 5) is 0. The molecule has 0 aliphatic rings. The van der Waals surface area contributed by atoms with Crippen LogP contribution in [0.4, 0.5) is 0 Å². The minimum atomic E-state index is -1.34. The van der Waals surface area contributed by atoms with Crippen LogP contribution < -0.4 is 0 Å². The molecule has 0 fully saturated rings. The second-order valence-corrected chi connectivity index (χ2v) is 12.0. The molecular formula is C21H46O4Si. The number of methoxy groups -OCH3 is 1. The van der Waals surface area contributed by atoms with Crippen LogP contribution in [0.1, 0.15) is 71.1 Å². The molecule has 0 saturated carbocycles. The summed E-state index contributed by atoms with van der Waals surface area (Å²) < 4.78 is 21.8. The monoisotopic (exact) mass is 390 g/mol. The van der Waals surface area contributed by atoms with Gasteiger partial charge < -0.3 is 18.6 Å². The zero-order valence-corrected chi connectivity index (χ0v) is 19.2. The lowest BCUT2D eigenvalue weighted by Gasteiger charge is -2.21. The molecule has 0 atom stereocenters. The third kappa shape index (κ3) is 20.4. The van der Waals surface area contributed by atoms with Crippen LogP contribution in [0.2, 0.25) is 19.1 Å². The van der Waals surface area contributed by atoms with Crippen LogP contribution in [0.15, 0.2) is 0 Å². The number of hydrogen-bond donors (Lipinski definition) is 0. The van der Waals surface area contributed by atoms with Crippen molar-refractivity contribution < 1.29 is 18.6 Å². The highest BCUT2D eigenvalue weighted by molar-refractivity contribution is 6.71. The van der Waals surface area contributed by atoms with Gasteiger partial charge in [0, 0.05) is 33.5 Å². The highest BCUT2D eigenvalue weighted by atomic mass is 28.4. The summed E-state index contributed by atoms with van der Waals surface area (Å²) in [5.41, 5.74) is 0. The van der Waals surface area contributed by atoms with E-state index in [0.29, 0.717) is 13.2 Å². The van der Waals surface area contributed by atoms with Crippen LogP contribution in [-0.4, -0.2) is 55.1 Å². The Kier molecular flexibility index (Phi) is 19.9. The van der Waals surface area contributed by atoms with Gasteiger partial charge in [-0.05, 0) is 38.9 Å². The molecule has 26 heavy (non-hydrogen) atoms. The topological polar surface area (TPSA) is 36.9 Å². The molecule has 0 N–H and O–H groups in total. The lowest BCUT2D eigenvalue weighted by molar-refractivity contribution is 0.0508. The molecule has 0 unspecified atom stereocenters. The summed E-state index contributed by atoms with van der Waals surface area (Å²) in [5, 5.41) is 0. The van der Waals surface area contributed by atoms with Gasteiger partial charge in [0.25, 0.3) is 0 Å². The highest BCUT2D eigenvalue weighted by Crippen LogP contribution is 2.17. The van der Waals surface area contributed by atoms with Crippen LogP contribution in [0, 0.1) is 0 Å². The smallest absolute Gasteiger partial charge is 0.186 e. The summed E-state index contributed by atoms with van der Waals surface area (Å²) in [6, 6.07) is 1.32. The van der Waals surface area contributed by atoms with Crippen molar-refractivity contribution in [2.75, 3.05) is 46.8 Å². The Bertz CT molecular complexity index is 275. The largest absolute Gasteiger partial charge is 0.418 e. The molecule has 0 rings (SSSR count). The predicted octanol–water partition coefficient (Wildman–Crippen LogP) is 5.81. The van der Waals surface area contributed by atoms with Crippen molar-refractivity contribution in [3.05, 3.63) is 0 Å². The summed E-state index contributed by atoms with van der Waals surface area (Å²) in [5.74, 6) is 0. The Morgan fingerprint density at radius 3 is 1.65 bits per heavy atom. The first-order valence-electron chi connectivity index (χ1n) is 10.9. The first-order chi connectivity index (χ1) is 12.6.